The van der Waals surface area contributed by atoms with Crippen LogP contribution in [0, 0.1) is 0 Å². The molecule has 3 aromatic rings. The number of nitrogens with zero attached hydrogens (tertiary/aromatic N) is 2. The van der Waals surface area contributed by atoms with Gasteiger partial charge in [-0.05, 0) is 23.6 Å². The molecular weight excluding hydrogens is 268 g/mol. The molecule has 4 N–H and O–H groups in total. The Kier molecular flexibility index (Phi) is 3.12. The van der Waals surface area contributed by atoms with Crippen molar-refractivity contribution in [2.45, 2.75) is 0 Å². The number of nitrogens with one attached hydrogen (secondary N) is 1. The molecule has 2 heterocycles. The van der Waals surface area contributed by atoms with Crippen LogP contribution in [0.25, 0.3) is 10.8 Å². The maximum Gasteiger partial charge on any atom is 0.337 e. The van der Waals surface area contributed by atoms with E-state index in [4.69, 9.17) is 10.8 Å². The van der Waals surface area contributed by atoms with Crippen LogP contribution in [0.1, 0.15) is 10.4 Å². The van der Waals surface area contributed by atoms with Gasteiger partial charge in [0.25, 0.3) is 0 Å². The van der Waals surface area contributed by atoms with Gasteiger partial charge in [-0.15, -0.1) is 0 Å². The van der Waals surface area contributed by atoms with Crippen LogP contribution in [0.5, 0.6) is 0 Å². The minimum absolute atomic E-state index is 0.0534. The molecule has 1 aromatic carbocycles. The predicted octanol–water partition coefficient (Wildman–Crippen LogP) is 2.65. The average molecular weight is 280 g/mol. The molecule has 6 heteroatoms. The number of carboxylic acids is 1. The zero-order chi connectivity index (χ0) is 14.8. The molecule has 0 amide bonds. The molecule has 104 valence electrons. The highest BCUT2D eigenvalue weighted by Gasteiger charge is 2.09. The Bertz CT molecular complexity index is 828. The number of nitrogen functional groups attached to an aromatic ring is 1. The lowest BCUT2D eigenvalue weighted by Crippen LogP contribution is -2.04. The quantitative estimate of drug-likeness (QED) is 0.681. The lowest BCUT2D eigenvalue weighted by atomic mass is 10.1. The molecule has 0 aliphatic heterocycles. The molecule has 0 fully saturated rings. The Labute approximate surface area is 120 Å². The van der Waals surface area contributed by atoms with E-state index in [1.165, 1.54) is 12.3 Å². The molecule has 0 atom stereocenters. The van der Waals surface area contributed by atoms with Crippen molar-refractivity contribution in [1.29, 1.82) is 0 Å². The number of aromatic nitrogens is 2. The number of pyridine rings is 2. The second-order valence-electron chi connectivity index (χ2n) is 4.49. The lowest BCUT2D eigenvalue weighted by Gasteiger charge is -2.11. The van der Waals surface area contributed by atoms with Gasteiger partial charge in [0.05, 0.1) is 11.3 Å². The summed E-state index contributed by atoms with van der Waals surface area (Å²) in [6.07, 6.45) is 4.74. The van der Waals surface area contributed by atoms with E-state index in [9.17, 15) is 4.79 Å². The molecule has 0 unspecified atom stereocenters. The molecule has 0 saturated carbocycles. The number of benzene rings is 1. The fourth-order valence-corrected chi connectivity index (χ4v) is 2.05. The van der Waals surface area contributed by atoms with Crippen LogP contribution in [0.2, 0.25) is 0 Å². The van der Waals surface area contributed by atoms with E-state index in [-0.39, 0.29) is 11.3 Å². The zero-order valence-corrected chi connectivity index (χ0v) is 10.9. The van der Waals surface area contributed by atoms with Gasteiger partial charge in [-0.25, -0.2) is 9.78 Å². The number of nitrogens with two attached hydrogens (primary N) is 1. The minimum atomic E-state index is -1.06. The predicted molar refractivity (Wildman–Crippen MR) is 80.6 cm³/mol. The first kappa shape index (κ1) is 12.9. The summed E-state index contributed by atoms with van der Waals surface area (Å²) in [6.45, 7) is 0. The molecular formula is C15H12N4O2. The van der Waals surface area contributed by atoms with Crippen LogP contribution in [0.4, 0.5) is 17.2 Å². The Morgan fingerprint density at radius 2 is 2.10 bits per heavy atom. The molecule has 21 heavy (non-hydrogen) atoms. The van der Waals surface area contributed by atoms with Gasteiger partial charge in [-0.3, -0.25) is 4.98 Å². The van der Waals surface area contributed by atoms with Crippen LogP contribution in [0.15, 0.2) is 48.9 Å². The number of anilines is 3. The van der Waals surface area contributed by atoms with Crippen LogP contribution in [-0.4, -0.2) is 21.0 Å². The van der Waals surface area contributed by atoms with E-state index in [1.54, 1.807) is 12.4 Å². The molecule has 0 radical (unpaired) electrons. The van der Waals surface area contributed by atoms with Gasteiger partial charge >= 0.3 is 5.97 Å². The van der Waals surface area contributed by atoms with E-state index in [0.29, 0.717) is 5.82 Å². The second-order valence-corrected chi connectivity index (χ2v) is 4.49. The molecule has 3 rings (SSSR count). The fourth-order valence-electron chi connectivity index (χ4n) is 2.05. The molecule has 6 nitrogen and oxygen atoms in total. The Morgan fingerprint density at radius 3 is 2.86 bits per heavy atom. The van der Waals surface area contributed by atoms with Crippen molar-refractivity contribution in [2.24, 2.45) is 0 Å². The molecule has 0 aliphatic carbocycles. The molecule has 0 bridgehead atoms. The SMILES string of the molecule is Nc1cc(C(=O)O)cnc1Nc1cccc2ccncc12. The largest absolute Gasteiger partial charge is 0.478 e. The van der Waals surface area contributed by atoms with E-state index in [0.717, 1.165) is 16.5 Å². The Hall–Kier alpha value is -3.15. The smallest absolute Gasteiger partial charge is 0.337 e. The molecule has 0 spiro atoms. The van der Waals surface area contributed by atoms with Crippen LogP contribution >= 0.6 is 0 Å². The van der Waals surface area contributed by atoms with Gasteiger partial charge in [-0.1, -0.05) is 12.1 Å². The molecule has 0 aliphatic rings. The van der Waals surface area contributed by atoms with Gasteiger partial charge in [0.1, 0.15) is 0 Å². The topological polar surface area (TPSA) is 101 Å². The standard InChI is InChI=1S/C15H12N4O2/c16-12-6-10(15(20)21)7-18-14(12)19-13-3-1-2-9-4-5-17-8-11(9)13/h1-8H,16H2,(H,18,19)(H,20,21). The van der Waals surface area contributed by atoms with E-state index in [2.05, 4.69) is 15.3 Å². The third-order valence-corrected chi connectivity index (χ3v) is 3.10. The summed E-state index contributed by atoms with van der Waals surface area (Å²) in [6, 6.07) is 9.06. The summed E-state index contributed by atoms with van der Waals surface area (Å²) in [5, 5.41) is 14.0. The third-order valence-electron chi connectivity index (χ3n) is 3.10. The summed E-state index contributed by atoms with van der Waals surface area (Å²) in [5.74, 6) is -0.647. The first-order valence-corrected chi connectivity index (χ1v) is 6.24. The van der Waals surface area contributed by atoms with Gasteiger partial charge in [0, 0.05) is 29.7 Å². The second kappa shape index (κ2) is 5.09. The van der Waals surface area contributed by atoms with E-state index in [1.807, 2.05) is 24.3 Å². The lowest BCUT2D eigenvalue weighted by molar-refractivity contribution is 0.0696. The van der Waals surface area contributed by atoms with Gasteiger partial charge in [0.2, 0.25) is 0 Å². The highest BCUT2D eigenvalue weighted by molar-refractivity contribution is 5.95. The number of hydrogen-bond donors (Lipinski definition) is 3. The van der Waals surface area contributed by atoms with E-state index < -0.39 is 5.97 Å². The van der Waals surface area contributed by atoms with Crippen molar-refractivity contribution >= 4 is 33.9 Å². The first-order chi connectivity index (χ1) is 10.1. The maximum atomic E-state index is 10.9. The van der Waals surface area contributed by atoms with Gasteiger partial charge < -0.3 is 16.2 Å². The normalized spacial score (nSPS) is 10.5. The Balaban J connectivity index is 2.01. The minimum Gasteiger partial charge on any atom is -0.478 e. The molecule has 2 aromatic heterocycles. The summed E-state index contributed by atoms with van der Waals surface area (Å²) in [4.78, 5) is 19.0. The van der Waals surface area contributed by atoms with Gasteiger partial charge in [-0.2, -0.15) is 0 Å². The number of rotatable bonds is 3. The van der Waals surface area contributed by atoms with Crippen molar-refractivity contribution in [3.05, 3.63) is 54.5 Å². The van der Waals surface area contributed by atoms with Crippen LogP contribution in [0.3, 0.4) is 0 Å². The van der Waals surface area contributed by atoms with Crippen molar-refractivity contribution in [2.75, 3.05) is 11.1 Å². The highest BCUT2D eigenvalue weighted by Crippen LogP contribution is 2.27. The number of aromatic carboxylic acids is 1. The number of carbonyl (C=O) groups is 1. The summed E-state index contributed by atoms with van der Waals surface area (Å²) >= 11 is 0. The van der Waals surface area contributed by atoms with Crippen LogP contribution < -0.4 is 11.1 Å². The number of carboxylic acid groups (broad SMARTS) is 1. The van der Waals surface area contributed by atoms with Crippen LogP contribution in [-0.2, 0) is 0 Å². The summed E-state index contributed by atoms with van der Waals surface area (Å²) < 4.78 is 0. The summed E-state index contributed by atoms with van der Waals surface area (Å²) in [5.41, 5.74) is 6.98. The van der Waals surface area contributed by atoms with Gasteiger partial charge in [0.15, 0.2) is 5.82 Å². The fraction of sp³-hybridized carbons (Fsp3) is 0. The van der Waals surface area contributed by atoms with Crippen molar-refractivity contribution in [3.63, 3.8) is 0 Å². The number of hydrogen-bond acceptors (Lipinski definition) is 5. The summed E-state index contributed by atoms with van der Waals surface area (Å²) in [7, 11) is 0. The highest BCUT2D eigenvalue weighted by atomic mass is 16.4. The Morgan fingerprint density at radius 1 is 1.24 bits per heavy atom. The maximum absolute atomic E-state index is 10.9. The molecule has 0 saturated heterocycles. The monoisotopic (exact) mass is 280 g/mol. The first-order valence-electron chi connectivity index (χ1n) is 6.24. The zero-order valence-electron chi connectivity index (χ0n) is 10.9. The third kappa shape index (κ3) is 2.46. The number of fused-ring (bicyclic) bond motifs is 1. The average Bonchev–Trinajstić information content (AvgIpc) is 2.49. The van der Waals surface area contributed by atoms with Crippen molar-refractivity contribution in [3.8, 4) is 0 Å². The van der Waals surface area contributed by atoms with Crippen molar-refractivity contribution < 1.29 is 9.90 Å². The van der Waals surface area contributed by atoms with Crippen molar-refractivity contribution in [1.82, 2.24) is 9.97 Å². The van der Waals surface area contributed by atoms with E-state index >= 15 is 0 Å².